The monoisotopic (exact) mass is 413 g/mol. The number of carbonyl (C=O) groups is 2. The van der Waals surface area contributed by atoms with Crippen molar-refractivity contribution in [3.8, 4) is 0 Å². The third-order valence-electron chi connectivity index (χ3n) is 5.71. The number of carbonyl (C=O) groups excluding carboxylic acids is 2. The first-order chi connectivity index (χ1) is 14.0. The molecule has 3 aliphatic rings. The number of rotatable bonds is 2. The van der Waals surface area contributed by atoms with Crippen molar-refractivity contribution in [2.24, 2.45) is 5.10 Å². The summed E-state index contributed by atoms with van der Waals surface area (Å²) < 4.78 is 7.27. The van der Waals surface area contributed by atoms with Crippen LogP contribution >= 0.6 is 0 Å². The van der Waals surface area contributed by atoms with Crippen LogP contribution in [-0.4, -0.2) is 75.4 Å². The van der Waals surface area contributed by atoms with Gasteiger partial charge in [0.25, 0.3) is 5.84 Å². The molecule has 0 bridgehead atoms. The number of amidine groups is 1. The number of aliphatic hydroxyl groups is 1. The summed E-state index contributed by atoms with van der Waals surface area (Å²) in [5.74, 6) is 0.455. The number of hydrogen-bond donors (Lipinski definition) is 1. The van der Waals surface area contributed by atoms with Crippen LogP contribution in [0.15, 0.2) is 17.2 Å². The molecule has 2 atom stereocenters. The van der Waals surface area contributed by atoms with Crippen LogP contribution in [0.5, 0.6) is 0 Å². The zero-order valence-corrected chi connectivity index (χ0v) is 18.3. The molecule has 0 radical (unpaired) electrons. The first-order valence-electron chi connectivity index (χ1n) is 10.3. The number of ether oxygens (including phenoxy) is 1. The number of aliphatic hydroxyl groups excluding tert-OH is 1. The van der Waals surface area contributed by atoms with Crippen molar-refractivity contribution in [3.63, 3.8) is 0 Å². The summed E-state index contributed by atoms with van der Waals surface area (Å²) >= 11 is 0. The lowest BCUT2D eigenvalue weighted by molar-refractivity contribution is -0.585. The van der Waals surface area contributed by atoms with E-state index in [1.165, 1.54) is 0 Å². The van der Waals surface area contributed by atoms with Crippen molar-refractivity contribution in [1.82, 2.24) is 9.80 Å². The molecule has 30 heavy (non-hydrogen) atoms. The molecular weight excluding hydrogens is 384 g/mol. The van der Waals surface area contributed by atoms with Crippen LogP contribution < -0.4 is 0 Å². The molecule has 8 heteroatoms. The molecule has 1 aromatic carbocycles. The SMILES string of the molecule is Cc1cc2c(c(C(C)O)c1)C1C=N[N+](C3CN(C(=O)OC(C)(C)C)C3)=C1N(C)C2=O. The van der Waals surface area contributed by atoms with Crippen molar-refractivity contribution < 1.29 is 24.1 Å². The normalized spacial score (nSPS) is 22.1. The summed E-state index contributed by atoms with van der Waals surface area (Å²) in [6, 6.07) is 3.79. The van der Waals surface area contributed by atoms with Gasteiger partial charge >= 0.3 is 12.0 Å². The lowest BCUT2D eigenvalue weighted by Crippen LogP contribution is -2.60. The highest BCUT2D eigenvalue weighted by molar-refractivity contribution is 6.17. The molecule has 8 nitrogen and oxygen atoms in total. The average Bonchev–Trinajstić information content (AvgIpc) is 3.00. The van der Waals surface area contributed by atoms with E-state index in [2.05, 4.69) is 5.10 Å². The molecule has 0 aromatic heterocycles. The molecule has 0 aliphatic carbocycles. The van der Waals surface area contributed by atoms with E-state index in [0.717, 1.165) is 22.5 Å². The zero-order chi connectivity index (χ0) is 22.0. The van der Waals surface area contributed by atoms with Gasteiger partial charge in [-0.05, 0) is 57.4 Å². The van der Waals surface area contributed by atoms with Gasteiger partial charge < -0.3 is 9.84 Å². The fourth-order valence-electron chi connectivity index (χ4n) is 4.32. The number of hydrazone groups is 1. The summed E-state index contributed by atoms with van der Waals surface area (Å²) in [6.45, 7) is 10.1. The topological polar surface area (TPSA) is 85.4 Å². The first kappa shape index (κ1) is 20.5. The van der Waals surface area contributed by atoms with E-state index in [-0.39, 0.29) is 24.0 Å². The van der Waals surface area contributed by atoms with Gasteiger partial charge in [0.15, 0.2) is 6.04 Å². The smallest absolute Gasteiger partial charge is 0.410 e. The van der Waals surface area contributed by atoms with E-state index >= 15 is 0 Å². The minimum absolute atomic E-state index is 0.0222. The van der Waals surface area contributed by atoms with Crippen LogP contribution in [0.25, 0.3) is 0 Å². The minimum Gasteiger partial charge on any atom is -0.444 e. The zero-order valence-electron chi connectivity index (χ0n) is 18.3. The van der Waals surface area contributed by atoms with Crippen LogP contribution in [0, 0.1) is 6.92 Å². The molecule has 1 aromatic rings. The number of amides is 2. The Hall–Kier alpha value is -2.74. The molecule has 1 N–H and O–H groups in total. The predicted octanol–water partition coefficient (Wildman–Crippen LogP) is 2.25. The molecule has 3 heterocycles. The number of hydrogen-bond acceptors (Lipinski definition) is 5. The second-order valence-electron chi connectivity index (χ2n) is 9.34. The van der Waals surface area contributed by atoms with Gasteiger partial charge in [0, 0.05) is 0 Å². The van der Waals surface area contributed by atoms with Crippen molar-refractivity contribution >= 4 is 24.1 Å². The maximum absolute atomic E-state index is 13.1. The van der Waals surface area contributed by atoms with Gasteiger partial charge in [-0.15, -0.1) is 4.68 Å². The highest BCUT2D eigenvalue weighted by atomic mass is 16.6. The Balaban J connectivity index is 1.65. The average molecular weight is 413 g/mol. The van der Waals surface area contributed by atoms with Gasteiger partial charge in [0.1, 0.15) is 11.5 Å². The summed E-state index contributed by atoms with van der Waals surface area (Å²) in [4.78, 5) is 28.7. The summed E-state index contributed by atoms with van der Waals surface area (Å²) in [7, 11) is 1.75. The number of likely N-dealkylation sites (tertiary alicyclic amines) is 1. The third kappa shape index (κ3) is 3.29. The molecule has 0 spiro atoms. The Labute approximate surface area is 176 Å². The fraction of sp³-hybridized carbons (Fsp3) is 0.545. The molecule has 3 aliphatic heterocycles. The molecule has 160 valence electrons. The number of likely N-dealkylation sites (N-methyl/N-ethyl adjacent to an activating group) is 1. The third-order valence-corrected chi connectivity index (χ3v) is 5.71. The first-order valence-corrected chi connectivity index (χ1v) is 10.3. The number of aryl methyl sites for hydroxylation is 1. The largest absolute Gasteiger partial charge is 0.444 e. The van der Waals surface area contributed by atoms with E-state index in [9.17, 15) is 14.7 Å². The predicted molar refractivity (Wildman–Crippen MR) is 112 cm³/mol. The van der Waals surface area contributed by atoms with E-state index in [1.54, 1.807) is 23.8 Å². The molecule has 1 fully saturated rings. The summed E-state index contributed by atoms with van der Waals surface area (Å²) in [6.07, 6.45) is 0.799. The maximum Gasteiger partial charge on any atom is 0.410 e. The van der Waals surface area contributed by atoms with Crippen molar-refractivity contribution in [1.29, 1.82) is 0 Å². The Kier molecular flexibility index (Phi) is 4.73. The Morgan fingerprint density at radius 3 is 2.60 bits per heavy atom. The number of fused-ring (bicyclic) bond motifs is 3. The van der Waals surface area contributed by atoms with Crippen LogP contribution in [0.1, 0.15) is 66.8 Å². The van der Waals surface area contributed by atoms with Crippen molar-refractivity contribution in [2.45, 2.75) is 58.3 Å². The summed E-state index contributed by atoms with van der Waals surface area (Å²) in [5.41, 5.74) is 2.59. The standard InChI is InChI=1S/C22H29N4O4/c1-12-7-15(13(2)27)18-16(8-12)20(28)24(6)19-17(18)9-23-26(19)14-10-25(11-14)21(29)30-22(3,4)5/h7-9,13-14,17,27H,10-11H2,1-6H3/q+1. The Morgan fingerprint density at radius 1 is 1.33 bits per heavy atom. The number of nitrogens with zero attached hydrogens (tertiary/aromatic N) is 4. The van der Waals surface area contributed by atoms with Crippen molar-refractivity contribution in [3.05, 3.63) is 34.4 Å². The van der Waals surface area contributed by atoms with E-state index in [0.29, 0.717) is 18.7 Å². The lowest BCUT2D eigenvalue weighted by Gasteiger charge is -2.38. The Bertz CT molecular complexity index is 984. The van der Waals surface area contributed by atoms with Gasteiger partial charge in [0.2, 0.25) is 0 Å². The van der Waals surface area contributed by atoms with E-state index in [4.69, 9.17) is 4.74 Å². The van der Waals surface area contributed by atoms with Crippen LogP contribution in [0.3, 0.4) is 0 Å². The van der Waals surface area contributed by atoms with Crippen LogP contribution in [0.2, 0.25) is 0 Å². The van der Waals surface area contributed by atoms with Gasteiger partial charge in [-0.3, -0.25) is 4.90 Å². The van der Waals surface area contributed by atoms with Crippen LogP contribution in [0.4, 0.5) is 4.79 Å². The van der Waals surface area contributed by atoms with Gasteiger partial charge in [-0.2, -0.15) is 4.90 Å². The maximum atomic E-state index is 13.1. The van der Waals surface area contributed by atoms with Gasteiger partial charge in [0.05, 0.1) is 38.0 Å². The van der Waals surface area contributed by atoms with Gasteiger partial charge in [-0.1, -0.05) is 11.2 Å². The highest BCUT2D eigenvalue weighted by Gasteiger charge is 2.50. The summed E-state index contributed by atoms with van der Waals surface area (Å²) in [5, 5.41) is 14.9. The van der Waals surface area contributed by atoms with Crippen molar-refractivity contribution in [2.75, 3.05) is 20.1 Å². The molecule has 0 saturated carbocycles. The quantitative estimate of drug-likeness (QED) is 0.754. The minimum atomic E-state index is -0.690. The molecule has 1 saturated heterocycles. The Morgan fingerprint density at radius 2 is 2.00 bits per heavy atom. The lowest BCUT2D eigenvalue weighted by atomic mass is 9.83. The van der Waals surface area contributed by atoms with E-state index in [1.807, 2.05) is 50.7 Å². The van der Waals surface area contributed by atoms with Gasteiger partial charge in [-0.25, -0.2) is 9.59 Å². The molecule has 2 amide bonds. The van der Waals surface area contributed by atoms with E-state index < -0.39 is 11.7 Å². The fourth-order valence-corrected chi connectivity index (χ4v) is 4.32. The highest BCUT2D eigenvalue weighted by Crippen LogP contribution is 2.37. The molecular formula is C22H29N4O4+. The van der Waals surface area contributed by atoms with Crippen LogP contribution in [-0.2, 0) is 4.74 Å². The second-order valence-corrected chi connectivity index (χ2v) is 9.34. The second kappa shape index (κ2) is 6.91. The molecule has 2 unspecified atom stereocenters. The molecule has 4 rings (SSSR count). The number of benzene rings is 1.